The third-order valence-corrected chi connectivity index (χ3v) is 3.38. The van der Waals surface area contributed by atoms with Crippen molar-refractivity contribution < 1.29 is 18.3 Å². The van der Waals surface area contributed by atoms with Crippen molar-refractivity contribution in [2.45, 2.75) is 6.61 Å². The number of alkyl halides is 2. The van der Waals surface area contributed by atoms with Crippen LogP contribution < -0.4 is 10.1 Å². The fraction of sp³-hybridized carbons (Fsp3) is 0.0714. The summed E-state index contributed by atoms with van der Waals surface area (Å²) in [6.45, 7) is -2.92. The predicted molar refractivity (Wildman–Crippen MR) is 80.2 cm³/mol. The third-order valence-electron chi connectivity index (χ3n) is 2.49. The lowest BCUT2D eigenvalue weighted by atomic mass is 10.2. The summed E-state index contributed by atoms with van der Waals surface area (Å²) in [5.74, 6) is -0.425. The molecule has 0 saturated carbocycles. The average Bonchev–Trinajstić information content (AvgIpc) is 2.37. The summed E-state index contributed by atoms with van der Waals surface area (Å²) in [5.41, 5.74) is 0.722. The van der Waals surface area contributed by atoms with Gasteiger partial charge in [-0.1, -0.05) is 17.7 Å². The van der Waals surface area contributed by atoms with E-state index in [4.69, 9.17) is 11.6 Å². The highest BCUT2D eigenvalue weighted by Crippen LogP contribution is 2.24. The van der Waals surface area contributed by atoms with Crippen molar-refractivity contribution in [1.82, 2.24) is 0 Å². The molecule has 0 saturated heterocycles. The van der Waals surface area contributed by atoms with Crippen LogP contribution in [-0.2, 0) is 0 Å². The quantitative estimate of drug-likeness (QED) is 0.819. The number of anilines is 1. The van der Waals surface area contributed by atoms with Crippen LogP contribution in [0.5, 0.6) is 5.75 Å². The molecule has 0 atom stereocenters. The number of benzene rings is 2. The Bertz CT molecular complexity index is 667. The van der Waals surface area contributed by atoms with E-state index in [2.05, 4.69) is 26.0 Å². The van der Waals surface area contributed by atoms with Gasteiger partial charge in [-0.05, 0) is 46.3 Å². The molecular formula is C14H9BrClF2NO2. The minimum Gasteiger partial charge on any atom is -0.435 e. The van der Waals surface area contributed by atoms with Gasteiger partial charge in [0.25, 0.3) is 5.91 Å². The van der Waals surface area contributed by atoms with Gasteiger partial charge in [0, 0.05) is 21.2 Å². The van der Waals surface area contributed by atoms with Crippen LogP contribution >= 0.6 is 27.5 Å². The number of halogens is 4. The number of rotatable bonds is 4. The van der Waals surface area contributed by atoms with Gasteiger partial charge in [0.05, 0.1) is 5.56 Å². The molecule has 1 amide bonds. The van der Waals surface area contributed by atoms with Crippen LogP contribution in [0.15, 0.2) is 46.9 Å². The van der Waals surface area contributed by atoms with Crippen molar-refractivity contribution in [3.63, 3.8) is 0 Å². The Morgan fingerprint density at radius 2 is 2.00 bits per heavy atom. The van der Waals surface area contributed by atoms with Crippen LogP contribution in [0, 0.1) is 0 Å². The van der Waals surface area contributed by atoms with Crippen LogP contribution in [0.25, 0.3) is 0 Å². The minimum absolute atomic E-state index is 0.0297. The molecule has 2 rings (SSSR count). The average molecular weight is 377 g/mol. The van der Waals surface area contributed by atoms with Gasteiger partial charge in [-0.3, -0.25) is 4.79 Å². The van der Waals surface area contributed by atoms with Crippen molar-refractivity contribution in [3.05, 3.63) is 57.5 Å². The molecule has 0 aliphatic heterocycles. The number of carbonyl (C=O) groups excluding carboxylic acids is 1. The van der Waals surface area contributed by atoms with E-state index in [0.717, 1.165) is 0 Å². The van der Waals surface area contributed by atoms with Crippen LogP contribution in [0.2, 0.25) is 5.02 Å². The Morgan fingerprint density at radius 1 is 1.24 bits per heavy atom. The second kappa shape index (κ2) is 6.87. The molecule has 0 spiro atoms. The lowest BCUT2D eigenvalue weighted by molar-refractivity contribution is -0.0497. The highest BCUT2D eigenvalue weighted by Gasteiger charge is 2.11. The van der Waals surface area contributed by atoms with Gasteiger partial charge in [0.2, 0.25) is 0 Å². The highest BCUT2D eigenvalue weighted by molar-refractivity contribution is 9.10. The Kier molecular flexibility index (Phi) is 5.14. The molecule has 0 aromatic heterocycles. The van der Waals surface area contributed by atoms with Crippen molar-refractivity contribution in [2.75, 3.05) is 5.32 Å². The van der Waals surface area contributed by atoms with Crippen LogP contribution in [0.1, 0.15) is 10.4 Å². The Morgan fingerprint density at radius 3 is 2.67 bits per heavy atom. The van der Waals surface area contributed by atoms with Crippen LogP contribution in [-0.4, -0.2) is 12.5 Å². The topological polar surface area (TPSA) is 38.3 Å². The first-order valence-electron chi connectivity index (χ1n) is 5.77. The molecule has 0 heterocycles. The number of hydrogen-bond donors (Lipinski definition) is 1. The van der Waals surface area contributed by atoms with Gasteiger partial charge in [-0.15, -0.1) is 0 Å². The first kappa shape index (κ1) is 15.7. The second-order valence-electron chi connectivity index (χ2n) is 3.98. The lowest BCUT2D eigenvalue weighted by Crippen LogP contribution is -2.12. The summed E-state index contributed by atoms with van der Waals surface area (Å²) in [5, 5.41) is 3.09. The van der Waals surface area contributed by atoms with Crippen molar-refractivity contribution >= 4 is 39.1 Å². The Balaban J connectivity index is 2.15. The van der Waals surface area contributed by atoms with E-state index in [-0.39, 0.29) is 5.75 Å². The van der Waals surface area contributed by atoms with Gasteiger partial charge in [-0.2, -0.15) is 8.78 Å². The SMILES string of the molecule is O=C(Nc1cccc(OC(F)F)c1)c1ccc(Cl)cc1Br. The minimum atomic E-state index is -2.92. The number of hydrogen-bond acceptors (Lipinski definition) is 2. The maximum Gasteiger partial charge on any atom is 0.387 e. The van der Waals surface area contributed by atoms with Crippen molar-refractivity contribution in [2.24, 2.45) is 0 Å². The first-order chi connectivity index (χ1) is 9.95. The molecule has 2 aromatic carbocycles. The normalized spacial score (nSPS) is 10.5. The lowest BCUT2D eigenvalue weighted by Gasteiger charge is -2.09. The van der Waals surface area contributed by atoms with E-state index in [0.29, 0.717) is 20.7 Å². The summed E-state index contributed by atoms with van der Waals surface area (Å²) >= 11 is 9.04. The fourth-order valence-corrected chi connectivity index (χ4v) is 2.48. The molecule has 0 aliphatic carbocycles. The number of nitrogens with one attached hydrogen (secondary N) is 1. The maximum absolute atomic E-state index is 12.1. The molecule has 7 heteroatoms. The number of amides is 1. The van der Waals surface area contributed by atoms with E-state index >= 15 is 0 Å². The summed E-state index contributed by atoms with van der Waals surface area (Å²) in [6, 6.07) is 10.5. The zero-order valence-electron chi connectivity index (χ0n) is 10.4. The summed E-state index contributed by atoms with van der Waals surface area (Å²) in [4.78, 5) is 12.1. The molecule has 1 N–H and O–H groups in total. The number of carbonyl (C=O) groups is 1. The van der Waals surface area contributed by atoms with Gasteiger partial charge in [0.1, 0.15) is 5.75 Å². The third kappa shape index (κ3) is 4.41. The van der Waals surface area contributed by atoms with Gasteiger partial charge in [-0.25, -0.2) is 0 Å². The highest BCUT2D eigenvalue weighted by atomic mass is 79.9. The molecule has 110 valence electrons. The van der Waals surface area contributed by atoms with Crippen molar-refractivity contribution in [3.8, 4) is 5.75 Å². The van der Waals surface area contributed by atoms with Crippen LogP contribution in [0.3, 0.4) is 0 Å². The molecule has 21 heavy (non-hydrogen) atoms. The van der Waals surface area contributed by atoms with Gasteiger partial charge < -0.3 is 10.1 Å². The molecule has 0 bridgehead atoms. The summed E-state index contributed by atoms with van der Waals surface area (Å²) in [7, 11) is 0. The maximum atomic E-state index is 12.1. The summed E-state index contributed by atoms with van der Waals surface area (Å²) < 4.78 is 29.1. The molecule has 0 radical (unpaired) electrons. The van der Waals surface area contributed by atoms with E-state index in [9.17, 15) is 13.6 Å². The van der Waals surface area contributed by atoms with E-state index in [1.165, 1.54) is 18.2 Å². The number of ether oxygens (including phenoxy) is 1. The molecule has 2 aromatic rings. The molecule has 3 nitrogen and oxygen atoms in total. The standard InChI is InChI=1S/C14H9BrClF2NO2/c15-12-6-8(16)4-5-11(12)13(20)19-9-2-1-3-10(7-9)21-14(17)18/h1-7,14H,(H,19,20). The van der Waals surface area contributed by atoms with E-state index in [1.807, 2.05) is 0 Å². The van der Waals surface area contributed by atoms with Gasteiger partial charge in [0.15, 0.2) is 0 Å². The van der Waals surface area contributed by atoms with E-state index < -0.39 is 12.5 Å². The fourth-order valence-electron chi connectivity index (χ4n) is 1.62. The summed E-state index contributed by atoms with van der Waals surface area (Å²) in [6.07, 6.45) is 0. The molecule has 0 aliphatic rings. The predicted octanol–water partition coefficient (Wildman–Crippen LogP) is 4.96. The Hall–Kier alpha value is -1.66. The molecule has 0 unspecified atom stereocenters. The molecule has 0 fully saturated rings. The van der Waals surface area contributed by atoms with Crippen LogP contribution in [0.4, 0.5) is 14.5 Å². The van der Waals surface area contributed by atoms with E-state index in [1.54, 1.807) is 24.3 Å². The Labute approximate surface area is 133 Å². The zero-order chi connectivity index (χ0) is 15.4. The monoisotopic (exact) mass is 375 g/mol. The zero-order valence-corrected chi connectivity index (χ0v) is 12.8. The largest absolute Gasteiger partial charge is 0.435 e. The molecular weight excluding hydrogens is 368 g/mol. The van der Waals surface area contributed by atoms with Crippen molar-refractivity contribution in [1.29, 1.82) is 0 Å². The second-order valence-corrected chi connectivity index (χ2v) is 5.28. The van der Waals surface area contributed by atoms with Gasteiger partial charge >= 0.3 is 6.61 Å². The first-order valence-corrected chi connectivity index (χ1v) is 6.94. The smallest absolute Gasteiger partial charge is 0.387 e.